The Balaban J connectivity index is 2.30. The quantitative estimate of drug-likeness (QED) is 0.681. The van der Waals surface area contributed by atoms with Gasteiger partial charge in [-0.25, -0.2) is 0 Å². The van der Waals surface area contributed by atoms with Crippen LogP contribution in [0, 0.1) is 18.3 Å². The lowest BCUT2D eigenvalue weighted by molar-refractivity contribution is -0.129. The molecule has 0 bridgehead atoms. The fourth-order valence-corrected chi connectivity index (χ4v) is 1.54. The Bertz CT molecular complexity index is 226. The van der Waals surface area contributed by atoms with Crippen molar-refractivity contribution in [3.05, 3.63) is 0 Å². The average molecular weight is 195 g/mol. The van der Waals surface area contributed by atoms with Crippen LogP contribution in [0.3, 0.4) is 0 Å². The van der Waals surface area contributed by atoms with E-state index in [-0.39, 0.29) is 17.9 Å². The van der Waals surface area contributed by atoms with Crippen LogP contribution in [0.25, 0.3) is 0 Å². The van der Waals surface area contributed by atoms with E-state index in [9.17, 15) is 4.79 Å². The molecule has 1 N–H and O–H groups in total. The van der Waals surface area contributed by atoms with Crippen molar-refractivity contribution in [2.75, 3.05) is 13.2 Å². The second kappa shape index (κ2) is 5.66. The smallest absolute Gasteiger partial charge is 0.225 e. The third-order valence-electron chi connectivity index (χ3n) is 2.34. The highest BCUT2D eigenvalue weighted by Crippen LogP contribution is 2.13. The van der Waals surface area contributed by atoms with Gasteiger partial charge in [-0.2, -0.15) is 0 Å². The average Bonchev–Trinajstić information content (AvgIpc) is 2.19. The molecule has 0 aromatic rings. The van der Waals surface area contributed by atoms with Crippen LogP contribution in [0.5, 0.6) is 0 Å². The molecule has 1 aliphatic heterocycles. The van der Waals surface area contributed by atoms with E-state index in [2.05, 4.69) is 11.2 Å². The Labute approximate surface area is 85.2 Å². The van der Waals surface area contributed by atoms with Gasteiger partial charge in [-0.05, 0) is 19.8 Å². The van der Waals surface area contributed by atoms with Crippen LogP contribution in [0.15, 0.2) is 0 Å². The minimum atomic E-state index is 0.0176. The maximum absolute atomic E-state index is 11.6. The van der Waals surface area contributed by atoms with Crippen LogP contribution < -0.4 is 5.32 Å². The first kappa shape index (κ1) is 11.1. The summed E-state index contributed by atoms with van der Waals surface area (Å²) in [5.41, 5.74) is 0. The fraction of sp³-hybridized carbons (Fsp3) is 0.727. The molecule has 2 atom stereocenters. The van der Waals surface area contributed by atoms with Crippen molar-refractivity contribution in [2.24, 2.45) is 5.92 Å². The van der Waals surface area contributed by atoms with Gasteiger partial charge < -0.3 is 10.1 Å². The van der Waals surface area contributed by atoms with E-state index < -0.39 is 0 Å². The number of nitrogens with one attached hydrogen (secondary N) is 1. The summed E-state index contributed by atoms with van der Waals surface area (Å²) < 4.78 is 5.24. The Morgan fingerprint density at radius 1 is 1.79 bits per heavy atom. The molecule has 1 amide bonds. The van der Waals surface area contributed by atoms with Gasteiger partial charge in [0.05, 0.1) is 12.5 Å². The van der Waals surface area contributed by atoms with Crippen LogP contribution in [0.2, 0.25) is 0 Å². The van der Waals surface area contributed by atoms with Crippen molar-refractivity contribution in [3.8, 4) is 12.3 Å². The Hall–Kier alpha value is -1.01. The molecule has 0 radical (unpaired) electrons. The van der Waals surface area contributed by atoms with E-state index in [1.54, 1.807) is 0 Å². The summed E-state index contributed by atoms with van der Waals surface area (Å²) in [6.45, 7) is 3.25. The van der Waals surface area contributed by atoms with Gasteiger partial charge in [0.2, 0.25) is 5.91 Å². The van der Waals surface area contributed by atoms with Gasteiger partial charge in [0.1, 0.15) is 0 Å². The van der Waals surface area contributed by atoms with Crippen molar-refractivity contribution >= 4 is 5.91 Å². The molecule has 78 valence electrons. The molecule has 0 aliphatic carbocycles. The highest BCUT2D eigenvalue weighted by Gasteiger charge is 2.22. The minimum absolute atomic E-state index is 0.0176. The maximum Gasteiger partial charge on any atom is 0.225 e. The number of ether oxygens (including phenoxy) is 1. The van der Waals surface area contributed by atoms with E-state index in [1.165, 1.54) is 0 Å². The topological polar surface area (TPSA) is 38.3 Å². The molecule has 0 aromatic carbocycles. The molecule has 14 heavy (non-hydrogen) atoms. The van der Waals surface area contributed by atoms with Crippen LogP contribution in [-0.4, -0.2) is 25.2 Å². The number of hydrogen-bond acceptors (Lipinski definition) is 2. The zero-order chi connectivity index (χ0) is 10.4. The van der Waals surface area contributed by atoms with Gasteiger partial charge in [0.25, 0.3) is 0 Å². The monoisotopic (exact) mass is 195 g/mol. The molecular formula is C11H17NO2. The lowest BCUT2D eigenvalue weighted by Crippen LogP contribution is -2.40. The number of carbonyl (C=O) groups excluding carboxylic acids is 1. The fourth-order valence-electron chi connectivity index (χ4n) is 1.54. The van der Waals surface area contributed by atoms with Gasteiger partial charge in [0, 0.05) is 19.1 Å². The van der Waals surface area contributed by atoms with Gasteiger partial charge in [0.15, 0.2) is 0 Å². The van der Waals surface area contributed by atoms with Gasteiger partial charge >= 0.3 is 0 Å². The lowest BCUT2D eigenvalue weighted by atomic mass is 10.0. The summed E-state index contributed by atoms with van der Waals surface area (Å²) in [5, 5.41) is 2.89. The molecule has 0 saturated carbocycles. The third kappa shape index (κ3) is 3.39. The van der Waals surface area contributed by atoms with Gasteiger partial charge in [-0.3, -0.25) is 4.79 Å². The summed E-state index contributed by atoms with van der Waals surface area (Å²) in [6.07, 6.45) is 7.64. The summed E-state index contributed by atoms with van der Waals surface area (Å²) in [4.78, 5) is 11.6. The van der Waals surface area contributed by atoms with Gasteiger partial charge in [-0.1, -0.05) is 0 Å². The molecule has 1 rings (SSSR count). The molecular weight excluding hydrogens is 178 g/mol. The molecule has 1 fully saturated rings. The van der Waals surface area contributed by atoms with Crippen molar-refractivity contribution < 1.29 is 9.53 Å². The van der Waals surface area contributed by atoms with E-state index in [4.69, 9.17) is 11.2 Å². The predicted octanol–water partition coefficient (Wildman–Crippen LogP) is 0.941. The van der Waals surface area contributed by atoms with Crippen molar-refractivity contribution in [1.29, 1.82) is 0 Å². The van der Waals surface area contributed by atoms with Crippen LogP contribution in [0.1, 0.15) is 26.2 Å². The highest BCUT2D eigenvalue weighted by molar-refractivity contribution is 5.79. The minimum Gasteiger partial charge on any atom is -0.381 e. The zero-order valence-electron chi connectivity index (χ0n) is 8.58. The number of rotatable bonds is 3. The molecule has 0 aromatic heterocycles. The van der Waals surface area contributed by atoms with Crippen molar-refractivity contribution in [2.45, 2.75) is 32.2 Å². The van der Waals surface area contributed by atoms with Crippen LogP contribution in [-0.2, 0) is 9.53 Å². The summed E-state index contributed by atoms with van der Waals surface area (Å²) in [6, 6.07) is 0.0643. The standard InChI is InChI=1S/C11H17NO2/c1-3-5-9(2)12-11(13)10-6-4-7-14-8-10/h1,9-10H,4-8H2,2H3,(H,12,13). The third-order valence-corrected chi connectivity index (χ3v) is 2.34. The molecule has 2 unspecified atom stereocenters. The number of hydrogen-bond donors (Lipinski definition) is 1. The Kier molecular flexibility index (Phi) is 4.48. The van der Waals surface area contributed by atoms with Crippen LogP contribution in [0.4, 0.5) is 0 Å². The van der Waals surface area contributed by atoms with E-state index in [0.29, 0.717) is 13.0 Å². The first-order valence-electron chi connectivity index (χ1n) is 5.05. The van der Waals surface area contributed by atoms with E-state index in [1.807, 2.05) is 6.92 Å². The zero-order valence-corrected chi connectivity index (χ0v) is 8.58. The maximum atomic E-state index is 11.6. The summed E-state index contributed by atoms with van der Waals surface area (Å²) >= 11 is 0. The molecule has 3 heteroatoms. The second-order valence-electron chi connectivity index (χ2n) is 3.73. The van der Waals surface area contributed by atoms with Crippen LogP contribution >= 0.6 is 0 Å². The normalized spacial score (nSPS) is 23.6. The number of terminal acetylenes is 1. The second-order valence-corrected chi connectivity index (χ2v) is 3.73. The number of carbonyl (C=O) groups is 1. The molecule has 1 aliphatic rings. The van der Waals surface area contributed by atoms with E-state index in [0.717, 1.165) is 19.4 Å². The molecule has 0 spiro atoms. The molecule has 1 saturated heterocycles. The van der Waals surface area contributed by atoms with Crippen molar-refractivity contribution in [3.63, 3.8) is 0 Å². The first-order valence-corrected chi connectivity index (χ1v) is 5.05. The summed E-state index contributed by atoms with van der Waals surface area (Å²) in [7, 11) is 0. The van der Waals surface area contributed by atoms with E-state index >= 15 is 0 Å². The SMILES string of the molecule is C#CCC(C)NC(=O)C1CCCOC1. The lowest BCUT2D eigenvalue weighted by Gasteiger charge is -2.22. The Morgan fingerprint density at radius 3 is 3.14 bits per heavy atom. The molecule has 1 heterocycles. The Morgan fingerprint density at radius 2 is 2.57 bits per heavy atom. The van der Waals surface area contributed by atoms with Crippen molar-refractivity contribution in [1.82, 2.24) is 5.32 Å². The predicted molar refractivity (Wildman–Crippen MR) is 54.6 cm³/mol. The summed E-state index contributed by atoms with van der Waals surface area (Å²) in [5.74, 6) is 2.62. The largest absolute Gasteiger partial charge is 0.381 e. The first-order chi connectivity index (χ1) is 6.74. The number of amides is 1. The molecule has 3 nitrogen and oxygen atoms in total. The highest BCUT2D eigenvalue weighted by atomic mass is 16.5. The van der Waals surface area contributed by atoms with Gasteiger partial charge in [-0.15, -0.1) is 12.3 Å².